The number of fused-ring (bicyclic) bond motifs is 1. The molecule has 0 aliphatic carbocycles. The average molecular weight is 323 g/mol. The van der Waals surface area contributed by atoms with E-state index in [1.165, 1.54) is 11.3 Å². The van der Waals surface area contributed by atoms with Crippen LogP contribution in [0.25, 0.3) is 0 Å². The van der Waals surface area contributed by atoms with Crippen LogP contribution in [0.4, 0.5) is 0 Å². The zero-order chi connectivity index (χ0) is 12.5. The van der Waals surface area contributed by atoms with Crippen LogP contribution in [0, 0.1) is 0 Å². The highest BCUT2D eigenvalue weighted by molar-refractivity contribution is 9.11. The summed E-state index contributed by atoms with van der Waals surface area (Å²) in [5.41, 5.74) is 1.82. The Labute approximate surface area is 118 Å². The van der Waals surface area contributed by atoms with Gasteiger partial charge >= 0.3 is 0 Å². The third-order valence-corrected chi connectivity index (χ3v) is 4.60. The number of carbonyl (C=O) groups excluding carboxylic acids is 1. The van der Waals surface area contributed by atoms with Gasteiger partial charge in [-0.3, -0.25) is 4.79 Å². The average Bonchev–Trinajstić information content (AvgIpc) is 2.84. The Bertz CT molecular complexity index is 604. The number of ether oxygens (including phenoxy) is 1. The number of aryl methyl sites for hydroxylation is 1. The van der Waals surface area contributed by atoms with Crippen LogP contribution in [0.15, 0.2) is 34.1 Å². The maximum Gasteiger partial charge on any atom is 0.206 e. The lowest BCUT2D eigenvalue weighted by atomic mass is 9.99. The molecule has 0 saturated heterocycles. The summed E-state index contributed by atoms with van der Waals surface area (Å²) in [5, 5.41) is 0. The number of ketones is 1. The SMILES string of the molecule is O=C(c1ccc(Br)s1)c1cccc2c1OCCC2. The summed E-state index contributed by atoms with van der Waals surface area (Å²) in [5.74, 6) is 0.822. The van der Waals surface area contributed by atoms with E-state index in [0.717, 1.165) is 32.8 Å². The second-order valence-corrected chi connectivity index (χ2v) is 6.64. The Morgan fingerprint density at radius 3 is 2.94 bits per heavy atom. The van der Waals surface area contributed by atoms with Crippen LogP contribution in [0.5, 0.6) is 5.75 Å². The highest BCUT2D eigenvalue weighted by Gasteiger charge is 2.20. The first kappa shape index (κ1) is 11.9. The molecular weight excluding hydrogens is 312 g/mol. The summed E-state index contributed by atoms with van der Waals surface area (Å²) in [6.45, 7) is 0.700. The molecule has 2 nitrogen and oxygen atoms in total. The van der Waals surface area contributed by atoms with Gasteiger partial charge in [-0.1, -0.05) is 12.1 Å². The van der Waals surface area contributed by atoms with Crippen LogP contribution < -0.4 is 4.74 Å². The van der Waals surface area contributed by atoms with Crippen LogP contribution in [-0.4, -0.2) is 12.4 Å². The molecule has 1 aliphatic rings. The molecule has 4 heteroatoms. The minimum absolute atomic E-state index is 0.0458. The van der Waals surface area contributed by atoms with Gasteiger partial charge in [-0.25, -0.2) is 0 Å². The van der Waals surface area contributed by atoms with E-state index < -0.39 is 0 Å². The topological polar surface area (TPSA) is 26.3 Å². The van der Waals surface area contributed by atoms with E-state index in [9.17, 15) is 4.79 Å². The molecule has 0 N–H and O–H groups in total. The summed E-state index contributed by atoms with van der Waals surface area (Å²) in [6.07, 6.45) is 2.01. The van der Waals surface area contributed by atoms with E-state index in [4.69, 9.17) is 4.74 Å². The van der Waals surface area contributed by atoms with Gasteiger partial charge in [-0.2, -0.15) is 0 Å². The number of para-hydroxylation sites is 1. The molecule has 3 rings (SSSR count). The van der Waals surface area contributed by atoms with Crippen LogP contribution in [0.1, 0.15) is 27.2 Å². The van der Waals surface area contributed by atoms with Gasteiger partial charge in [0.05, 0.1) is 20.8 Å². The third kappa shape index (κ3) is 2.10. The first-order chi connectivity index (χ1) is 8.75. The Morgan fingerprint density at radius 1 is 1.28 bits per heavy atom. The fraction of sp³-hybridized carbons (Fsp3) is 0.214. The zero-order valence-electron chi connectivity index (χ0n) is 9.61. The summed E-state index contributed by atoms with van der Waals surface area (Å²) < 4.78 is 6.65. The van der Waals surface area contributed by atoms with E-state index >= 15 is 0 Å². The van der Waals surface area contributed by atoms with Gasteiger partial charge in [0, 0.05) is 0 Å². The summed E-state index contributed by atoms with van der Waals surface area (Å²) >= 11 is 4.84. The lowest BCUT2D eigenvalue weighted by molar-refractivity contribution is 0.103. The Balaban J connectivity index is 2.04. The Kier molecular flexibility index (Phi) is 3.22. The smallest absolute Gasteiger partial charge is 0.206 e. The first-order valence-corrected chi connectivity index (χ1v) is 7.41. The Morgan fingerprint density at radius 2 is 2.17 bits per heavy atom. The fourth-order valence-corrected chi connectivity index (χ4v) is 3.48. The highest BCUT2D eigenvalue weighted by Crippen LogP contribution is 2.32. The zero-order valence-corrected chi connectivity index (χ0v) is 12.0. The van der Waals surface area contributed by atoms with Gasteiger partial charge in [-0.15, -0.1) is 11.3 Å². The van der Waals surface area contributed by atoms with E-state index in [1.807, 2.05) is 30.3 Å². The number of rotatable bonds is 2. The monoisotopic (exact) mass is 322 g/mol. The van der Waals surface area contributed by atoms with Crippen molar-refractivity contribution < 1.29 is 9.53 Å². The molecule has 2 heterocycles. The minimum atomic E-state index is 0.0458. The number of carbonyl (C=O) groups is 1. The number of hydrogen-bond acceptors (Lipinski definition) is 3. The van der Waals surface area contributed by atoms with Crippen molar-refractivity contribution >= 4 is 33.0 Å². The molecule has 1 aromatic carbocycles. The van der Waals surface area contributed by atoms with Crippen molar-refractivity contribution in [3.05, 3.63) is 50.1 Å². The normalized spacial score (nSPS) is 13.8. The molecule has 1 aromatic heterocycles. The number of thiophene rings is 1. The molecule has 1 aliphatic heterocycles. The molecule has 0 saturated carbocycles. The van der Waals surface area contributed by atoms with Crippen molar-refractivity contribution in [3.8, 4) is 5.75 Å². The standard InChI is InChI=1S/C14H11BrO2S/c15-12-7-6-11(18-12)13(16)10-5-1-3-9-4-2-8-17-14(9)10/h1,3,5-7H,2,4,8H2. The van der Waals surface area contributed by atoms with Crippen molar-refractivity contribution in [2.75, 3.05) is 6.61 Å². The highest BCUT2D eigenvalue weighted by atomic mass is 79.9. The van der Waals surface area contributed by atoms with Gasteiger partial charge in [0.25, 0.3) is 0 Å². The van der Waals surface area contributed by atoms with E-state index in [0.29, 0.717) is 12.2 Å². The van der Waals surface area contributed by atoms with Crippen LogP contribution in [0.2, 0.25) is 0 Å². The summed E-state index contributed by atoms with van der Waals surface area (Å²) in [4.78, 5) is 13.2. The van der Waals surface area contributed by atoms with Crippen molar-refractivity contribution in [3.63, 3.8) is 0 Å². The van der Waals surface area contributed by atoms with E-state index in [2.05, 4.69) is 15.9 Å². The van der Waals surface area contributed by atoms with Crippen molar-refractivity contribution in [2.45, 2.75) is 12.8 Å². The van der Waals surface area contributed by atoms with Gasteiger partial charge < -0.3 is 4.74 Å². The largest absolute Gasteiger partial charge is 0.493 e. The minimum Gasteiger partial charge on any atom is -0.493 e. The first-order valence-electron chi connectivity index (χ1n) is 5.80. The molecule has 0 atom stereocenters. The van der Waals surface area contributed by atoms with Crippen LogP contribution in [-0.2, 0) is 6.42 Å². The quantitative estimate of drug-likeness (QED) is 0.779. The lowest BCUT2D eigenvalue weighted by Crippen LogP contribution is -2.12. The molecule has 18 heavy (non-hydrogen) atoms. The lowest BCUT2D eigenvalue weighted by Gasteiger charge is -2.19. The van der Waals surface area contributed by atoms with Crippen molar-refractivity contribution in [2.24, 2.45) is 0 Å². The molecule has 0 spiro atoms. The van der Waals surface area contributed by atoms with Gasteiger partial charge in [0.15, 0.2) is 0 Å². The molecule has 0 fully saturated rings. The van der Waals surface area contributed by atoms with Crippen molar-refractivity contribution in [1.82, 2.24) is 0 Å². The second-order valence-electron chi connectivity index (χ2n) is 4.18. The summed E-state index contributed by atoms with van der Waals surface area (Å²) in [6, 6.07) is 9.56. The summed E-state index contributed by atoms with van der Waals surface area (Å²) in [7, 11) is 0. The molecule has 0 radical (unpaired) electrons. The molecule has 2 aromatic rings. The molecule has 0 unspecified atom stereocenters. The Hall–Kier alpha value is -1.13. The van der Waals surface area contributed by atoms with Crippen LogP contribution >= 0.6 is 27.3 Å². The number of halogens is 1. The third-order valence-electron chi connectivity index (χ3n) is 2.98. The predicted octanol–water partition coefficient (Wildman–Crippen LogP) is 4.07. The van der Waals surface area contributed by atoms with E-state index in [1.54, 1.807) is 0 Å². The molecule has 92 valence electrons. The molecule has 0 bridgehead atoms. The number of hydrogen-bond donors (Lipinski definition) is 0. The van der Waals surface area contributed by atoms with Gasteiger partial charge in [-0.05, 0) is 52.5 Å². The van der Waals surface area contributed by atoms with E-state index in [-0.39, 0.29) is 5.78 Å². The molecular formula is C14H11BrO2S. The number of benzene rings is 1. The fourth-order valence-electron chi connectivity index (χ4n) is 2.14. The van der Waals surface area contributed by atoms with Crippen LogP contribution in [0.3, 0.4) is 0 Å². The second kappa shape index (κ2) is 4.86. The predicted molar refractivity (Wildman–Crippen MR) is 75.7 cm³/mol. The molecule has 0 amide bonds. The van der Waals surface area contributed by atoms with Gasteiger partial charge in [0.2, 0.25) is 5.78 Å². The maximum atomic E-state index is 12.4. The van der Waals surface area contributed by atoms with Crippen molar-refractivity contribution in [1.29, 1.82) is 0 Å². The maximum absolute atomic E-state index is 12.4. The van der Waals surface area contributed by atoms with Gasteiger partial charge in [0.1, 0.15) is 5.75 Å².